The molecule has 0 aliphatic carbocycles. The van der Waals surface area contributed by atoms with E-state index in [1.165, 1.54) is 6.20 Å². The maximum Gasteiger partial charge on any atom is 0.257 e. The van der Waals surface area contributed by atoms with Gasteiger partial charge in [0.05, 0.1) is 6.20 Å². The molecule has 0 radical (unpaired) electrons. The van der Waals surface area contributed by atoms with E-state index in [0.29, 0.717) is 18.7 Å². The number of aromatic nitrogens is 2. The lowest BCUT2D eigenvalue weighted by molar-refractivity contribution is 0.576. The Hall–Kier alpha value is -0.920. The van der Waals surface area contributed by atoms with E-state index < -0.39 is 10.0 Å². The van der Waals surface area contributed by atoms with Crippen molar-refractivity contribution in [1.82, 2.24) is 20.2 Å². The largest absolute Gasteiger partial charge is 0.313 e. The van der Waals surface area contributed by atoms with Gasteiger partial charge >= 0.3 is 0 Å². The van der Waals surface area contributed by atoms with Gasteiger partial charge in [-0.1, -0.05) is 13.8 Å². The molecule has 1 rings (SSSR count). The van der Waals surface area contributed by atoms with E-state index in [-0.39, 0.29) is 5.03 Å². The van der Waals surface area contributed by atoms with Crippen molar-refractivity contribution in [2.75, 3.05) is 13.1 Å². The molecule has 7 heteroatoms. The highest BCUT2D eigenvalue weighted by molar-refractivity contribution is 7.89. The van der Waals surface area contributed by atoms with E-state index in [1.807, 2.05) is 0 Å². The first kappa shape index (κ1) is 13.1. The summed E-state index contributed by atoms with van der Waals surface area (Å²) >= 11 is 0. The summed E-state index contributed by atoms with van der Waals surface area (Å²) in [5.41, 5.74) is 0.661. The summed E-state index contributed by atoms with van der Waals surface area (Å²) < 4.78 is 25.9. The zero-order valence-corrected chi connectivity index (χ0v) is 10.4. The van der Waals surface area contributed by atoms with Crippen LogP contribution in [0.15, 0.2) is 11.2 Å². The van der Waals surface area contributed by atoms with Crippen LogP contribution in [0.3, 0.4) is 0 Å². The maximum atomic E-state index is 11.7. The number of aromatic amines is 1. The van der Waals surface area contributed by atoms with Crippen LogP contribution >= 0.6 is 0 Å². The quantitative estimate of drug-likeness (QED) is 0.600. The Bertz CT molecular complexity index is 413. The molecule has 0 unspecified atom stereocenters. The van der Waals surface area contributed by atoms with Crippen LogP contribution in [0.2, 0.25) is 0 Å². The zero-order chi connectivity index (χ0) is 12.0. The normalized spacial score (nSPS) is 11.9. The Labute approximate surface area is 95.9 Å². The van der Waals surface area contributed by atoms with E-state index in [2.05, 4.69) is 27.2 Å². The highest BCUT2D eigenvalue weighted by Gasteiger charge is 2.19. The van der Waals surface area contributed by atoms with Gasteiger partial charge in [0.15, 0.2) is 5.03 Å². The first-order valence-electron chi connectivity index (χ1n) is 5.34. The Balaban J connectivity index is 2.77. The lowest BCUT2D eigenvalue weighted by Gasteiger charge is -2.05. The van der Waals surface area contributed by atoms with Crippen LogP contribution in [0.25, 0.3) is 0 Å². The van der Waals surface area contributed by atoms with Crippen molar-refractivity contribution >= 4 is 10.0 Å². The summed E-state index contributed by atoms with van der Waals surface area (Å²) in [5.74, 6) is 0. The minimum absolute atomic E-state index is 0.151. The van der Waals surface area contributed by atoms with Crippen molar-refractivity contribution in [3.8, 4) is 0 Å². The molecule has 6 nitrogen and oxygen atoms in total. The summed E-state index contributed by atoms with van der Waals surface area (Å²) in [5, 5.41) is 9.57. The molecule has 1 aromatic rings. The van der Waals surface area contributed by atoms with Crippen molar-refractivity contribution in [2.24, 2.45) is 0 Å². The molecule has 0 bridgehead atoms. The third-order valence-electron chi connectivity index (χ3n) is 2.02. The van der Waals surface area contributed by atoms with Gasteiger partial charge < -0.3 is 5.32 Å². The molecule has 16 heavy (non-hydrogen) atoms. The van der Waals surface area contributed by atoms with Gasteiger partial charge in [0.25, 0.3) is 10.0 Å². The molecule has 1 heterocycles. The monoisotopic (exact) mass is 246 g/mol. The van der Waals surface area contributed by atoms with Crippen LogP contribution < -0.4 is 10.0 Å². The molecule has 0 fully saturated rings. The smallest absolute Gasteiger partial charge is 0.257 e. The molecule has 3 N–H and O–H groups in total. The molecule has 92 valence electrons. The standard InChI is InChI=1S/C9H18N4O2S/c1-3-5-10-6-8-7-11-13-9(8)16(14,15)12-4-2/h7,10,12H,3-6H2,1-2H3,(H,11,13). The van der Waals surface area contributed by atoms with Gasteiger partial charge in [0.2, 0.25) is 0 Å². The van der Waals surface area contributed by atoms with Crippen LogP contribution in [0.4, 0.5) is 0 Å². The van der Waals surface area contributed by atoms with Crippen molar-refractivity contribution in [3.63, 3.8) is 0 Å². The molecule has 0 amide bonds. The second-order valence-corrected chi connectivity index (χ2v) is 5.11. The van der Waals surface area contributed by atoms with E-state index in [1.54, 1.807) is 6.92 Å². The molecular formula is C9H18N4O2S. The van der Waals surface area contributed by atoms with Gasteiger partial charge in [-0.15, -0.1) is 0 Å². The molecule has 0 spiro atoms. The SMILES string of the molecule is CCCNCc1cn[nH]c1S(=O)(=O)NCC. The van der Waals surface area contributed by atoms with Gasteiger partial charge in [0, 0.05) is 18.7 Å². The number of H-pyrrole nitrogens is 1. The van der Waals surface area contributed by atoms with Crippen molar-refractivity contribution < 1.29 is 8.42 Å². The average molecular weight is 246 g/mol. The molecule has 1 aromatic heterocycles. The average Bonchev–Trinajstić information content (AvgIpc) is 2.67. The van der Waals surface area contributed by atoms with Crippen LogP contribution in [-0.4, -0.2) is 31.7 Å². The fourth-order valence-electron chi connectivity index (χ4n) is 1.32. The predicted molar refractivity (Wildman–Crippen MR) is 61.4 cm³/mol. The molecule has 0 aliphatic heterocycles. The van der Waals surface area contributed by atoms with Gasteiger partial charge in [-0.25, -0.2) is 13.1 Å². The molecule has 0 aromatic carbocycles. The van der Waals surface area contributed by atoms with Crippen LogP contribution in [0, 0.1) is 0 Å². The minimum Gasteiger partial charge on any atom is -0.313 e. The lowest BCUT2D eigenvalue weighted by atomic mass is 10.3. The lowest BCUT2D eigenvalue weighted by Crippen LogP contribution is -2.25. The van der Waals surface area contributed by atoms with Gasteiger partial charge in [-0.05, 0) is 13.0 Å². The minimum atomic E-state index is -3.44. The van der Waals surface area contributed by atoms with E-state index in [0.717, 1.165) is 13.0 Å². The summed E-state index contributed by atoms with van der Waals surface area (Å²) in [4.78, 5) is 0. The third kappa shape index (κ3) is 3.29. The van der Waals surface area contributed by atoms with Gasteiger partial charge in [-0.2, -0.15) is 5.10 Å². The van der Waals surface area contributed by atoms with Crippen LogP contribution in [0.1, 0.15) is 25.8 Å². The fraction of sp³-hybridized carbons (Fsp3) is 0.667. The van der Waals surface area contributed by atoms with Gasteiger partial charge in [0.1, 0.15) is 0 Å². The summed E-state index contributed by atoms with van der Waals surface area (Å²) in [6, 6.07) is 0. The predicted octanol–water partition coefficient (Wildman–Crippen LogP) is 0.208. The summed E-state index contributed by atoms with van der Waals surface area (Å²) in [7, 11) is -3.44. The number of hydrogen-bond acceptors (Lipinski definition) is 4. The first-order chi connectivity index (χ1) is 7.61. The molecule has 0 aliphatic rings. The second-order valence-electron chi connectivity index (χ2n) is 3.40. The Morgan fingerprint density at radius 3 is 2.81 bits per heavy atom. The van der Waals surface area contributed by atoms with Crippen LogP contribution in [0.5, 0.6) is 0 Å². The summed E-state index contributed by atoms with van der Waals surface area (Å²) in [6.07, 6.45) is 2.54. The van der Waals surface area contributed by atoms with Crippen molar-refractivity contribution in [1.29, 1.82) is 0 Å². The fourth-order valence-corrected chi connectivity index (χ4v) is 2.49. The Morgan fingerprint density at radius 1 is 1.44 bits per heavy atom. The summed E-state index contributed by atoms with van der Waals surface area (Å²) in [6.45, 7) is 5.51. The number of nitrogens with zero attached hydrogens (tertiary/aromatic N) is 1. The van der Waals surface area contributed by atoms with Crippen molar-refractivity contribution in [2.45, 2.75) is 31.8 Å². The number of sulfonamides is 1. The van der Waals surface area contributed by atoms with E-state index >= 15 is 0 Å². The Kier molecular flexibility index (Phi) is 4.91. The first-order valence-corrected chi connectivity index (χ1v) is 6.82. The molecule has 0 atom stereocenters. The molecule has 0 saturated heterocycles. The zero-order valence-electron chi connectivity index (χ0n) is 9.58. The topological polar surface area (TPSA) is 86.9 Å². The Morgan fingerprint density at radius 2 is 2.19 bits per heavy atom. The maximum absolute atomic E-state index is 11.7. The van der Waals surface area contributed by atoms with Crippen LogP contribution in [-0.2, 0) is 16.6 Å². The van der Waals surface area contributed by atoms with Gasteiger partial charge in [-0.3, -0.25) is 5.10 Å². The third-order valence-corrected chi connectivity index (χ3v) is 3.58. The highest BCUT2D eigenvalue weighted by Crippen LogP contribution is 2.10. The number of rotatable bonds is 7. The number of hydrogen-bond donors (Lipinski definition) is 3. The molecular weight excluding hydrogens is 228 g/mol. The second kappa shape index (κ2) is 5.97. The number of nitrogens with one attached hydrogen (secondary N) is 3. The highest BCUT2D eigenvalue weighted by atomic mass is 32.2. The van der Waals surface area contributed by atoms with E-state index in [9.17, 15) is 8.42 Å². The van der Waals surface area contributed by atoms with E-state index in [4.69, 9.17) is 0 Å². The molecule has 0 saturated carbocycles. The van der Waals surface area contributed by atoms with Crippen molar-refractivity contribution in [3.05, 3.63) is 11.8 Å².